The van der Waals surface area contributed by atoms with Crippen LogP contribution in [0.4, 0.5) is 0 Å². The molecule has 0 saturated heterocycles. The first-order chi connectivity index (χ1) is 51.4. The highest BCUT2D eigenvalue weighted by Crippen LogP contribution is 2.36. The van der Waals surface area contributed by atoms with Gasteiger partial charge in [-0.15, -0.1) is 0 Å². The van der Waals surface area contributed by atoms with Gasteiger partial charge in [0.1, 0.15) is 49.4 Å². The van der Waals surface area contributed by atoms with Gasteiger partial charge in [0.15, 0.2) is 0 Å². The van der Waals surface area contributed by atoms with Crippen molar-refractivity contribution >= 4 is 0 Å². The molecule has 0 aliphatic carbocycles. The Morgan fingerprint density at radius 3 is 0.500 bits per heavy atom. The molecule has 0 aliphatic heterocycles. The molecule has 0 unspecified atom stereocenters. The average Bonchev–Trinajstić information content (AvgIpc) is 0.831. The lowest BCUT2D eigenvalue weighted by atomic mass is 9.96. The van der Waals surface area contributed by atoms with Gasteiger partial charge < -0.3 is 28.4 Å². The summed E-state index contributed by atoms with van der Waals surface area (Å²) in [6.07, 6.45) is 0. The number of hydrogen-bond donors (Lipinski definition) is 0. The maximum Gasteiger partial charge on any atom is 0.123 e. The van der Waals surface area contributed by atoms with Crippen LogP contribution in [0.25, 0.3) is 89.0 Å². The maximum atomic E-state index is 6.82. The molecule has 6 heteroatoms. The Bertz CT molecular complexity index is 4420. The van der Waals surface area contributed by atoms with Gasteiger partial charge in [-0.3, -0.25) is 0 Å². The second kappa shape index (κ2) is 33.3. The van der Waals surface area contributed by atoms with Crippen molar-refractivity contribution in [2.24, 2.45) is 0 Å². The van der Waals surface area contributed by atoms with Crippen molar-refractivity contribution in [3.05, 3.63) is 421 Å². The quantitative estimate of drug-likeness (QED) is 0.0487. The van der Waals surface area contributed by atoms with E-state index in [1.54, 1.807) is 0 Å². The Kier molecular flexibility index (Phi) is 21.5. The highest BCUT2D eigenvalue weighted by molar-refractivity contribution is 5.78. The van der Waals surface area contributed by atoms with Crippen molar-refractivity contribution in [3.8, 4) is 112 Å². The van der Waals surface area contributed by atoms with Gasteiger partial charge in [-0.05, 0) is 231 Å². The van der Waals surface area contributed by atoms with E-state index >= 15 is 0 Å². The van der Waals surface area contributed by atoms with Gasteiger partial charge in [0, 0.05) is 12.1 Å². The maximum absolute atomic E-state index is 6.82. The molecule has 0 atom stereocenters. The predicted molar refractivity (Wildman–Crippen MR) is 423 cm³/mol. The van der Waals surface area contributed by atoms with E-state index in [2.05, 4.69) is 364 Å². The van der Waals surface area contributed by atoms with Crippen LogP contribution in [0.15, 0.2) is 376 Å². The fourth-order valence-electron chi connectivity index (χ4n) is 13.3. The van der Waals surface area contributed by atoms with Gasteiger partial charge in [0.25, 0.3) is 0 Å². The van der Waals surface area contributed by atoms with Gasteiger partial charge in [0.2, 0.25) is 0 Å². The molecule has 506 valence electrons. The molecule has 0 amide bonds. The van der Waals surface area contributed by atoms with Gasteiger partial charge in [-0.2, -0.15) is 0 Å². The summed E-state index contributed by atoms with van der Waals surface area (Å²) in [6.45, 7) is 2.64. The van der Waals surface area contributed by atoms with Crippen molar-refractivity contribution < 1.29 is 28.4 Å². The number of rotatable bonds is 28. The SMILES string of the molecule is c1ccc(-c2cc(COc3cc(COCc4ccccc4COCc4cc(OCc5cc(-c6ccccc6)cc(-c6ccccc6)c5)cc(OCc5cc(-c6ccccc6)cc(-c6ccccc6)c5)c4)cc(OCc4cc(-c5ccccc5)cc(-c5ccccc5)c4)c3)cc(-c3ccccc3)c2)cc1. The molecule has 15 rings (SSSR count). The smallest absolute Gasteiger partial charge is 0.123 e. The highest BCUT2D eigenvalue weighted by Gasteiger charge is 2.16. The van der Waals surface area contributed by atoms with Crippen LogP contribution in [0, 0.1) is 0 Å². The van der Waals surface area contributed by atoms with Crippen LogP contribution in [0.3, 0.4) is 0 Å². The van der Waals surface area contributed by atoms with Crippen LogP contribution in [-0.4, -0.2) is 0 Å². The molecule has 104 heavy (non-hydrogen) atoms. The van der Waals surface area contributed by atoms with E-state index in [0.717, 1.165) is 134 Å². The summed E-state index contributed by atoms with van der Waals surface area (Å²) in [7, 11) is 0. The third kappa shape index (κ3) is 17.8. The first-order valence-electron chi connectivity index (χ1n) is 35.5. The van der Waals surface area contributed by atoms with Gasteiger partial charge in [-0.25, -0.2) is 0 Å². The van der Waals surface area contributed by atoms with E-state index in [-0.39, 0.29) is 0 Å². The van der Waals surface area contributed by atoms with E-state index in [1.807, 2.05) is 12.1 Å². The van der Waals surface area contributed by atoms with Crippen LogP contribution in [0.1, 0.15) is 44.5 Å². The Balaban J connectivity index is 0.678. The first-order valence-corrected chi connectivity index (χ1v) is 35.5. The fourth-order valence-corrected chi connectivity index (χ4v) is 13.3. The minimum absolute atomic E-state index is 0.301. The molecule has 0 radical (unpaired) electrons. The summed E-state index contributed by atoms with van der Waals surface area (Å²) in [5.41, 5.74) is 26.2. The Hall–Kier alpha value is -12.6. The predicted octanol–water partition coefficient (Wildman–Crippen LogP) is 24.8. The number of hydrogen-bond acceptors (Lipinski definition) is 6. The van der Waals surface area contributed by atoms with Crippen LogP contribution in [-0.2, 0) is 62.3 Å². The molecule has 15 aromatic carbocycles. The lowest BCUT2D eigenvalue weighted by Crippen LogP contribution is -2.03. The Labute approximate surface area is 610 Å². The molecule has 0 fully saturated rings. The summed E-state index contributed by atoms with van der Waals surface area (Å²) in [5.74, 6) is 2.71. The van der Waals surface area contributed by atoms with Crippen LogP contribution in [0.2, 0.25) is 0 Å². The summed E-state index contributed by atoms with van der Waals surface area (Å²) in [4.78, 5) is 0. The van der Waals surface area contributed by atoms with Crippen LogP contribution in [0.5, 0.6) is 23.0 Å². The third-order valence-electron chi connectivity index (χ3n) is 18.5. The van der Waals surface area contributed by atoms with E-state index in [1.165, 1.54) is 0 Å². The van der Waals surface area contributed by atoms with E-state index in [0.29, 0.717) is 75.9 Å². The largest absolute Gasteiger partial charge is 0.489 e. The number of ether oxygens (including phenoxy) is 6. The monoisotopic (exact) mass is 1350 g/mol. The minimum Gasteiger partial charge on any atom is -0.489 e. The Morgan fingerprint density at radius 2 is 0.308 bits per heavy atom. The van der Waals surface area contributed by atoms with Crippen LogP contribution < -0.4 is 18.9 Å². The summed E-state index contributed by atoms with van der Waals surface area (Å²) in [6, 6.07) is 131. The first kappa shape index (κ1) is 67.3. The summed E-state index contributed by atoms with van der Waals surface area (Å²) >= 11 is 0. The molecular formula is C98H78O6. The number of benzene rings is 15. The molecule has 0 aliphatic rings. The lowest BCUT2D eigenvalue weighted by molar-refractivity contribution is 0.0930. The molecule has 0 saturated carbocycles. The second-order valence-electron chi connectivity index (χ2n) is 26.1. The molecular weight excluding hydrogens is 1270 g/mol. The minimum atomic E-state index is 0.301. The average molecular weight is 1350 g/mol. The standard InChI is InChI=1S/C98H78O6/c1-9-27-77(28-10-1)87-45-71(46-88(57-87)78-29-11-2-12-30-78)65-101-95-53-75(54-96(61-95)102-66-72-47-89(79-31-13-3-14-32-79)58-90(48-72)80-33-15-4-16-34-80)63-99-69-85-43-25-26-44-86(85)70-100-64-76-55-97(103-67-73-49-91(81-35-17-5-18-36-81)59-92(50-73)82-37-19-6-20-38-82)62-98(56-76)104-68-74-51-93(83-39-21-7-22-40-83)60-94(52-74)84-41-23-8-24-42-84/h1-62H,63-70H2. The van der Waals surface area contributed by atoms with E-state index < -0.39 is 0 Å². The van der Waals surface area contributed by atoms with E-state index in [9.17, 15) is 0 Å². The molecule has 0 N–H and O–H groups in total. The zero-order valence-corrected chi connectivity index (χ0v) is 57.9. The molecule has 6 nitrogen and oxygen atoms in total. The second-order valence-corrected chi connectivity index (χ2v) is 26.1. The zero-order chi connectivity index (χ0) is 69.9. The van der Waals surface area contributed by atoms with Gasteiger partial charge >= 0.3 is 0 Å². The van der Waals surface area contributed by atoms with Crippen LogP contribution >= 0.6 is 0 Å². The van der Waals surface area contributed by atoms with Gasteiger partial charge in [-0.1, -0.05) is 267 Å². The molecule has 0 heterocycles. The molecule has 0 spiro atoms. The molecule has 0 bridgehead atoms. The zero-order valence-electron chi connectivity index (χ0n) is 57.9. The highest BCUT2D eigenvalue weighted by atomic mass is 16.5. The van der Waals surface area contributed by atoms with Crippen molar-refractivity contribution in [1.82, 2.24) is 0 Å². The molecule has 15 aromatic rings. The Morgan fingerprint density at radius 1 is 0.135 bits per heavy atom. The van der Waals surface area contributed by atoms with Crippen molar-refractivity contribution in [1.29, 1.82) is 0 Å². The van der Waals surface area contributed by atoms with Crippen molar-refractivity contribution in [2.45, 2.75) is 52.9 Å². The van der Waals surface area contributed by atoms with Crippen molar-refractivity contribution in [2.75, 3.05) is 0 Å². The summed E-state index contributed by atoms with van der Waals surface area (Å²) in [5, 5.41) is 0. The van der Waals surface area contributed by atoms with E-state index in [4.69, 9.17) is 28.4 Å². The third-order valence-corrected chi connectivity index (χ3v) is 18.5. The fraction of sp³-hybridized carbons (Fsp3) is 0.0816. The summed E-state index contributed by atoms with van der Waals surface area (Å²) < 4.78 is 40.7. The normalized spacial score (nSPS) is 11.1. The molecule has 0 aromatic heterocycles. The van der Waals surface area contributed by atoms with Gasteiger partial charge in [0.05, 0.1) is 26.4 Å². The topological polar surface area (TPSA) is 55.4 Å². The van der Waals surface area contributed by atoms with Crippen molar-refractivity contribution in [3.63, 3.8) is 0 Å². The lowest BCUT2D eigenvalue weighted by Gasteiger charge is -2.16.